The van der Waals surface area contributed by atoms with Gasteiger partial charge in [-0.25, -0.2) is 8.89 Å². The molecule has 12 nitrogen and oxygen atoms in total. The van der Waals surface area contributed by atoms with Crippen molar-refractivity contribution in [2.24, 2.45) is 10.2 Å². The summed E-state index contributed by atoms with van der Waals surface area (Å²) in [6, 6.07) is 13.4. The molecule has 0 spiro atoms. The molecule has 0 bridgehead atoms. The monoisotopic (exact) mass is 531 g/mol. The summed E-state index contributed by atoms with van der Waals surface area (Å²) in [7, 11) is -4.62. The third-order valence-electron chi connectivity index (χ3n) is 5.38. The number of phenolic OH excluding ortho intramolecular Hbond substituents is 1. The van der Waals surface area contributed by atoms with Crippen molar-refractivity contribution in [1.82, 2.24) is 9.78 Å². The van der Waals surface area contributed by atoms with E-state index in [-0.39, 0.29) is 28.7 Å². The number of aromatic hydroxyl groups is 1. The van der Waals surface area contributed by atoms with Gasteiger partial charge in [-0.1, -0.05) is 30.3 Å². The van der Waals surface area contributed by atoms with Crippen molar-refractivity contribution in [3.05, 3.63) is 70.6 Å². The van der Waals surface area contributed by atoms with Crippen LogP contribution in [0.1, 0.15) is 12.6 Å². The molecule has 1 aromatic heterocycles. The molecule has 0 aliphatic rings. The highest BCUT2D eigenvalue weighted by Crippen LogP contribution is 2.39. The van der Waals surface area contributed by atoms with Crippen LogP contribution in [0.2, 0.25) is 0 Å². The number of hydrogen-bond donors (Lipinski definition) is 4. The van der Waals surface area contributed by atoms with Crippen LogP contribution in [0.3, 0.4) is 0 Å². The Balaban J connectivity index is 1.80. The van der Waals surface area contributed by atoms with E-state index in [0.29, 0.717) is 17.1 Å². The number of rotatable bonds is 7. The van der Waals surface area contributed by atoms with Gasteiger partial charge in [0.25, 0.3) is 26.9 Å². The fourth-order valence-electron chi connectivity index (χ4n) is 3.74. The molecule has 0 saturated carbocycles. The number of phenols is 1. The molecule has 4 rings (SSSR count). The fraction of sp³-hybridized carbons (Fsp3) is 0.136. The highest BCUT2D eigenvalue weighted by atomic mass is 32.2. The molecule has 4 N–H and O–H groups in total. The normalized spacial score (nSPS) is 12.9. The van der Waals surface area contributed by atoms with Crippen molar-refractivity contribution in [2.75, 3.05) is 10.8 Å². The number of fused-ring (bicyclic) bond motifs is 1. The van der Waals surface area contributed by atoms with Gasteiger partial charge in [0.05, 0.1) is 17.1 Å². The molecular formula is C22H21N5O7S2. The summed E-state index contributed by atoms with van der Waals surface area (Å²) in [6.45, 7) is 3.57. The number of anilines is 1. The zero-order chi connectivity index (χ0) is 26.2. The summed E-state index contributed by atoms with van der Waals surface area (Å²) in [5.41, 5.74) is 0.437. The van der Waals surface area contributed by atoms with E-state index in [9.17, 15) is 31.6 Å². The van der Waals surface area contributed by atoms with Gasteiger partial charge in [-0.15, -0.1) is 10.2 Å². The molecule has 3 aromatic carbocycles. The molecule has 0 fully saturated rings. The van der Waals surface area contributed by atoms with Gasteiger partial charge in [0.1, 0.15) is 16.3 Å². The molecule has 1 atom stereocenters. The van der Waals surface area contributed by atoms with Crippen molar-refractivity contribution in [1.29, 1.82) is 0 Å². The van der Waals surface area contributed by atoms with Gasteiger partial charge >= 0.3 is 0 Å². The summed E-state index contributed by atoms with van der Waals surface area (Å²) >= 11 is -2.24. The molecular weight excluding hydrogens is 510 g/mol. The van der Waals surface area contributed by atoms with Crippen molar-refractivity contribution in [2.45, 2.75) is 18.7 Å². The van der Waals surface area contributed by atoms with E-state index in [2.05, 4.69) is 15.3 Å². The quantitative estimate of drug-likeness (QED) is 0.158. The highest BCUT2D eigenvalue weighted by Gasteiger charge is 2.20. The first-order chi connectivity index (χ1) is 17.0. The number of nitrogens with one attached hydrogen (secondary N) is 1. The molecule has 1 heterocycles. The number of H-pyrrole nitrogens is 1. The Hall–Kier alpha value is -3.85. The maximum absolute atomic E-state index is 13.1. The minimum absolute atomic E-state index is 0.0687. The van der Waals surface area contributed by atoms with Crippen LogP contribution in [-0.4, -0.2) is 43.2 Å². The topological polar surface area (TPSA) is 178 Å². The van der Waals surface area contributed by atoms with Crippen LogP contribution in [-0.2, 0) is 21.4 Å². The average Bonchev–Trinajstić information content (AvgIpc) is 3.11. The van der Waals surface area contributed by atoms with Crippen LogP contribution in [0.4, 0.5) is 17.1 Å². The molecule has 1 unspecified atom stereocenters. The Morgan fingerprint density at radius 1 is 1.06 bits per heavy atom. The van der Waals surface area contributed by atoms with E-state index in [1.807, 2.05) is 0 Å². The Morgan fingerprint density at radius 3 is 2.36 bits per heavy atom. The number of aromatic amines is 1. The van der Waals surface area contributed by atoms with Crippen LogP contribution in [0.15, 0.2) is 74.5 Å². The molecule has 36 heavy (non-hydrogen) atoms. The Kier molecular flexibility index (Phi) is 6.77. The van der Waals surface area contributed by atoms with Gasteiger partial charge in [-0.05, 0) is 32.0 Å². The lowest BCUT2D eigenvalue weighted by Crippen LogP contribution is -2.25. The predicted octanol–water partition coefficient (Wildman–Crippen LogP) is 3.96. The Morgan fingerprint density at radius 2 is 1.72 bits per heavy atom. The minimum atomic E-state index is -4.62. The van der Waals surface area contributed by atoms with Gasteiger partial charge in [-0.3, -0.25) is 23.3 Å². The van der Waals surface area contributed by atoms with Gasteiger partial charge < -0.3 is 5.11 Å². The van der Waals surface area contributed by atoms with E-state index < -0.39 is 37.6 Å². The number of hydrogen-bond acceptors (Lipinski definition) is 7. The first kappa shape index (κ1) is 25.2. The minimum Gasteiger partial charge on any atom is -0.506 e. The second-order valence-electron chi connectivity index (χ2n) is 7.63. The summed E-state index contributed by atoms with van der Waals surface area (Å²) < 4.78 is 56.5. The zero-order valence-electron chi connectivity index (χ0n) is 19.0. The second kappa shape index (κ2) is 9.66. The third-order valence-corrected chi connectivity index (χ3v) is 7.12. The number of aromatic nitrogens is 2. The maximum atomic E-state index is 13.1. The second-order valence-corrected chi connectivity index (χ2v) is 9.93. The summed E-state index contributed by atoms with van der Waals surface area (Å²) in [4.78, 5) is 12.6. The van der Waals surface area contributed by atoms with E-state index in [0.717, 1.165) is 6.07 Å². The van der Waals surface area contributed by atoms with Crippen LogP contribution >= 0.6 is 0 Å². The maximum Gasteiger partial charge on any atom is 0.299 e. The smallest absolute Gasteiger partial charge is 0.299 e. The molecule has 0 radical (unpaired) electrons. The first-order valence-electron chi connectivity index (χ1n) is 10.5. The van der Waals surface area contributed by atoms with Crippen LogP contribution in [0.5, 0.6) is 5.75 Å². The van der Waals surface area contributed by atoms with Crippen molar-refractivity contribution in [3.8, 4) is 11.4 Å². The average molecular weight is 532 g/mol. The number of benzene rings is 3. The summed E-state index contributed by atoms with van der Waals surface area (Å²) in [6.07, 6.45) is 0. The molecule has 0 amide bonds. The van der Waals surface area contributed by atoms with Crippen LogP contribution in [0, 0.1) is 6.92 Å². The zero-order valence-corrected chi connectivity index (χ0v) is 20.6. The Bertz CT molecular complexity index is 1690. The molecule has 0 aliphatic carbocycles. The first-order valence-corrected chi connectivity index (χ1v) is 13.0. The molecule has 4 aromatic rings. The van der Waals surface area contributed by atoms with Crippen LogP contribution in [0.25, 0.3) is 16.5 Å². The fourth-order valence-corrected chi connectivity index (χ4v) is 4.97. The van der Waals surface area contributed by atoms with Crippen molar-refractivity contribution in [3.63, 3.8) is 0 Å². The van der Waals surface area contributed by atoms with E-state index in [1.54, 1.807) is 50.2 Å². The van der Waals surface area contributed by atoms with E-state index in [4.69, 9.17) is 0 Å². The molecule has 188 valence electrons. The number of nitrogens with zero attached hydrogens (tertiary/aromatic N) is 4. The van der Waals surface area contributed by atoms with Gasteiger partial charge in [0, 0.05) is 23.4 Å². The number of aryl methyl sites for hydroxylation is 1. The summed E-state index contributed by atoms with van der Waals surface area (Å²) in [5, 5.41) is 21.7. The van der Waals surface area contributed by atoms with Gasteiger partial charge in [0.15, 0.2) is 5.69 Å². The van der Waals surface area contributed by atoms with Crippen LogP contribution < -0.4 is 9.86 Å². The van der Waals surface area contributed by atoms with Gasteiger partial charge in [0.2, 0.25) is 0 Å². The van der Waals surface area contributed by atoms with Gasteiger partial charge in [-0.2, -0.15) is 8.42 Å². The summed E-state index contributed by atoms with van der Waals surface area (Å²) in [5.74, 6) is -0.553. The molecule has 14 heteroatoms. The number of azo groups is 1. The standard InChI is InChI=1S/C22H21N5O7S2/c1-3-26(35(30)31)14-7-6-8-15(11-14)27-22(29)20(13(2)25-27)23-24-21-17-10-5-4-9-16(17)19(12-18(21)28)36(32,33)34/h4-12,25,28H,3H2,1-2H3,(H,30,31)(H,32,33,34). The van der Waals surface area contributed by atoms with Crippen molar-refractivity contribution >= 4 is 49.2 Å². The Labute approximate surface area is 207 Å². The predicted molar refractivity (Wildman–Crippen MR) is 135 cm³/mol. The lowest BCUT2D eigenvalue weighted by atomic mass is 10.1. The third kappa shape index (κ3) is 4.66. The largest absolute Gasteiger partial charge is 0.506 e. The molecule has 0 saturated heterocycles. The molecule has 0 aliphatic heterocycles. The van der Waals surface area contributed by atoms with E-state index in [1.165, 1.54) is 21.1 Å². The lowest BCUT2D eigenvalue weighted by Gasteiger charge is -2.18. The SMILES string of the molecule is CCN(c1cccc(-n2[nH]c(C)c(N=Nc3c(O)cc(S(=O)(=O)O)c4ccccc34)c2=O)c1)S(=O)O. The lowest BCUT2D eigenvalue weighted by molar-refractivity contribution is 0.468. The van der Waals surface area contributed by atoms with Crippen molar-refractivity contribution < 1.29 is 26.8 Å². The van der Waals surface area contributed by atoms with E-state index >= 15 is 0 Å². The highest BCUT2D eigenvalue weighted by molar-refractivity contribution is 7.86.